The second-order valence-corrected chi connectivity index (χ2v) is 19.7. The maximum atomic E-state index is 4.55. The van der Waals surface area contributed by atoms with Crippen molar-refractivity contribution in [3.05, 3.63) is 194 Å². The molecule has 8 heterocycles. The normalized spacial score (nSPS) is 11.3. The Balaban J connectivity index is 0.621. The van der Waals surface area contributed by atoms with Gasteiger partial charge in [-0.25, -0.2) is 18.3 Å². The Morgan fingerprint density at radius 2 is 0.638 bits per heavy atom. The lowest BCUT2D eigenvalue weighted by Crippen LogP contribution is -2.33. The number of thioether (sulfide) groups is 1. The lowest BCUT2D eigenvalue weighted by atomic mass is 10.1. The molecule has 9 heteroatoms. The Labute approximate surface area is 415 Å². The maximum Gasteiger partial charge on any atom is 0.169 e. The number of unbranched alkanes of at least 4 members (excludes halogenated alkanes) is 6. The van der Waals surface area contributed by atoms with E-state index in [9.17, 15) is 0 Å². The Bertz CT molecular complexity index is 2580. The minimum atomic E-state index is 0.936. The molecule has 8 aromatic heterocycles. The van der Waals surface area contributed by atoms with E-state index in [2.05, 4.69) is 198 Å². The molecule has 0 amide bonds. The summed E-state index contributed by atoms with van der Waals surface area (Å²) >= 11 is 2.15. The first-order chi connectivity index (χ1) is 34.0. The van der Waals surface area contributed by atoms with Crippen LogP contribution in [0.15, 0.2) is 171 Å². The predicted molar refractivity (Wildman–Crippen MR) is 280 cm³/mol. The van der Waals surface area contributed by atoms with Crippen LogP contribution in [0.1, 0.15) is 86.5 Å². The average molecular weight is 935 g/mol. The number of hydrogen-bond acceptors (Lipinski definition) is 5. The number of aryl methyl sites for hydroxylation is 8. The number of hydrogen-bond donors (Lipinski definition) is 0. The highest BCUT2D eigenvalue weighted by Crippen LogP contribution is 2.21. The smallest absolute Gasteiger partial charge is 0.169 e. The molecule has 0 radical (unpaired) electrons. The number of nitrogens with zero attached hydrogens (tertiary/aromatic N) is 8. The van der Waals surface area contributed by atoms with Crippen molar-refractivity contribution in [2.45, 2.75) is 117 Å². The van der Waals surface area contributed by atoms with Crippen LogP contribution in [0.25, 0.3) is 45.0 Å². The molecular formula is C60H70N8S+4. The SMILES string of the molecule is Cc1ccnc(-c2cc(CCC[n+]3ccc(-c4cc[n+](CCCCCCSCCCCCC[n+]5ccc(-c6cc[n+](CCCc7ccnc(-c8cc(C)ccn8)c7)cc6)cc5)cc4)cc3)ccn2)c1. The maximum absolute atomic E-state index is 4.55. The van der Waals surface area contributed by atoms with Crippen molar-refractivity contribution in [1.82, 2.24) is 19.9 Å². The summed E-state index contributed by atoms with van der Waals surface area (Å²) in [5.41, 5.74) is 13.8. The summed E-state index contributed by atoms with van der Waals surface area (Å²) in [6, 6.07) is 34.8. The topological polar surface area (TPSA) is 67.1 Å². The van der Waals surface area contributed by atoms with Crippen LogP contribution in [-0.4, -0.2) is 31.4 Å². The molecular weight excluding hydrogens is 865 g/mol. The zero-order valence-electron chi connectivity index (χ0n) is 40.9. The molecule has 0 saturated heterocycles. The molecule has 0 N–H and O–H groups in total. The Morgan fingerprint density at radius 3 is 0.986 bits per heavy atom. The number of rotatable bonds is 26. The second-order valence-electron chi connectivity index (χ2n) is 18.5. The van der Waals surface area contributed by atoms with Crippen LogP contribution in [0.4, 0.5) is 0 Å². The Hall–Kier alpha value is -6.45. The summed E-state index contributed by atoms with van der Waals surface area (Å²) in [6.45, 7) is 8.32. The van der Waals surface area contributed by atoms with Crippen LogP contribution in [0.3, 0.4) is 0 Å². The van der Waals surface area contributed by atoms with Gasteiger partial charge in [-0.2, -0.15) is 11.8 Å². The molecule has 0 bridgehead atoms. The van der Waals surface area contributed by atoms with Gasteiger partial charge in [-0.15, -0.1) is 0 Å². The molecule has 0 aliphatic carbocycles. The standard InChI is InChI=1S/C60H70N8S/c1-49-15-27-61-57(45-49)59-47-51(17-29-63-59)13-11-33-67-39-23-55(24-40-67)53-19-35-65(36-20-53)31-7-3-5-9-43-69-44-10-6-4-8-32-66-37-21-54(22-38-66)56-25-41-68(42-26-56)34-12-14-52-18-30-64-60(48-52)58-46-50(2)16-28-62-58/h15-30,35-42,45-48H,3-14,31-34,43-44H2,1-2H3/q+4. The summed E-state index contributed by atoms with van der Waals surface area (Å²) < 4.78 is 9.23. The van der Waals surface area contributed by atoms with Crippen molar-refractivity contribution in [3.8, 4) is 45.0 Å². The summed E-state index contributed by atoms with van der Waals surface area (Å²) in [5, 5.41) is 0. The van der Waals surface area contributed by atoms with Gasteiger partial charge < -0.3 is 0 Å². The van der Waals surface area contributed by atoms with Gasteiger partial charge >= 0.3 is 0 Å². The van der Waals surface area contributed by atoms with Crippen LogP contribution < -0.4 is 18.3 Å². The third-order valence-corrected chi connectivity index (χ3v) is 14.1. The summed E-state index contributed by atoms with van der Waals surface area (Å²) in [5.74, 6) is 2.59. The van der Waals surface area contributed by atoms with Gasteiger partial charge in [-0.3, -0.25) is 19.9 Å². The van der Waals surface area contributed by atoms with Gasteiger partial charge in [0.2, 0.25) is 0 Å². The van der Waals surface area contributed by atoms with E-state index in [4.69, 9.17) is 0 Å². The van der Waals surface area contributed by atoms with Gasteiger partial charge in [0, 0.05) is 99.0 Å². The summed E-state index contributed by atoms with van der Waals surface area (Å²) in [7, 11) is 0. The molecule has 0 aliphatic heterocycles. The van der Waals surface area contributed by atoms with E-state index in [0.717, 1.165) is 74.6 Å². The van der Waals surface area contributed by atoms with Crippen molar-refractivity contribution >= 4 is 11.8 Å². The van der Waals surface area contributed by atoms with E-state index >= 15 is 0 Å². The van der Waals surface area contributed by atoms with E-state index in [1.807, 2.05) is 36.9 Å². The van der Waals surface area contributed by atoms with Crippen molar-refractivity contribution < 1.29 is 18.3 Å². The first-order valence-corrected chi connectivity index (χ1v) is 26.5. The van der Waals surface area contributed by atoms with Crippen molar-refractivity contribution in [2.24, 2.45) is 0 Å². The summed E-state index contributed by atoms with van der Waals surface area (Å²) in [4.78, 5) is 18.1. The first kappa shape index (κ1) is 49.0. The highest BCUT2D eigenvalue weighted by Gasteiger charge is 2.11. The first-order valence-electron chi connectivity index (χ1n) is 25.3. The predicted octanol–water partition coefficient (Wildman–Crippen LogP) is 11.5. The van der Waals surface area contributed by atoms with Gasteiger partial charge in [0.1, 0.15) is 26.2 Å². The molecule has 0 saturated carbocycles. The van der Waals surface area contributed by atoms with E-state index in [1.54, 1.807) is 0 Å². The largest absolute Gasteiger partial charge is 0.255 e. The highest BCUT2D eigenvalue weighted by molar-refractivity contribution is 7.99. The minimum absolute atomic E-state index is 0.936. The molecule has 0 aromatic carbocycles. The van der Waals surface area contributed by atoms with Crippen LogP contribution >= 0.6 is 11.8 Å². The van der Waals surface area contributed by atoms with E-state index < -0.39 is 0 Å². The van der Waals surface area contributed by atoms with Gasteiger partial charge in [-0.05, 0) is 157 Å². The van der Waals surface area contributed by atoms with E-state index in [-0.39, 0.29) is 0 Å². The molecule has 69 heavy (non-hydrogen) atoms. The molecule has 8 nitrogen and oxygen atoms in total. The van der Waals surface area contributed by atoms with Crippen LogP contribution in [-0.2, 0) is 39.0 Å². The van der Waals surface area contributed by atoms with Gasteiger partial charge in [-0.1, -0.05) is 12.8 Å². The summed E-state index contributed by atoms with van der Waals surface area (Å²) in [6.07, 6.45) is 39.8. The van der Waals surface area contributed by atoms with Crippen molar-refractivity contribution in [2.75, 3.05) is 11.5 Å². The molecule has 0 fully saturated rings. The highest BCUT2D eigenvalue weighted by atomic mass is 32.2. The molecule has 8 aromatic rings. The van der Waals surface area contributed by atoms with Crippen molar-refractivity contribution in [3.63, 3.8) is 0 Å². The fourth-order valence-corrected chi connectivity index (χ4v) is 9.85. The quantitative estimate of drug-likeness (QED) is 0.0400. The third kappa shape index (κ3) is 15.8. The number of aromatic nitrogens is 8. The Morgan fingerprint density at radius 1 is 0.333 bits per heavy atom. The van der Waals surface area contributed by atoms with Gasteiger partial charge in [0.25, 0.3) is 0 Å². The van der Waals surface area contributed by atoms with Gasteiger partial charge in [0.15, 0.2) is 49.6 Å². The zero-order chi connectivity index (χ0) is 47.3. The van der Waals surface area contributed by atoms with E-state index in [1.165, 1.54) is 107 Å². The molecule has 352 valence electrons. The molecule has 8 rings (SSSR count). The lowest BCUT2D eigenvalue weighted by molar-refractivity contribution is -0.697. The molecule has 0 unspecified atom stereocenters. The lowest BCUT2D eigenvalue weighted by Gasteiger charge is -2.05. The molecule has 0 atom stereocenters. The minimum Gasteiger partial charge on any atom is -0.255 e. The van der Waals surface area contributed by atoms with Crippen LogP contribution in [0.2, 0.25) is 0 Å². The van der Waals surface area contributed by atoms with E-state index in [0.29, 0.717) is 0 Å². The van der Waals surface area contributed by atoms with Crippen LogP contribution in [0.5, 0.6) is 0 Å². The monoisotopic (exact) mass is 935 g/mol. The Kier molecular flexibility index (Phi) is 18.7. The number of pyridine rings is 8. The van der Waals surface area contributed by atoms with Gasteiger partial charge in [0.05, 0.1) is 22.8 Å². The molecule has 0 spiro atoms. The average Bonchev–Trinajstić information content (AvgIpc) is 3.39. The van der Waals surface area contributed by atoms with Crippen LogP contribution in [0, 0.1) is 13.8 Å². The second kappa shape index (κ2) is 26.3. The third-order valence-electron chi connectivity index (χ3n) is 12.9. The van der Waals surface area contributed by atoms with Crippen molar-refractivity contribution in [1.29, 1.82) is 0 Å². The fraction of sp³-hybridized carbons (Fsp3) is 0.333. The zero-order valence-corrected chi connectivity index (χ0v) is 41.7. The fourth-order valence-electron chi connectivity index (χ4n) is 8.83. The molecule has 0 aliphatic rings.